The van der Waals surface area contributed by atoms with Crippen LogP contribution in [-0.2, 0) is 4.74 Å². The molecule has 2 fully saturated rings. The Balaban J connectivity index is 1.83. The third kappa shape index (κ3) is 1.94. The topological polar surface area (TPSA) is 39.1 Å². The molecular weight excluding hydrogens is 274 g/mol. The summed E-state index contributed by atoms with van der Waals surface area (Å²) in [6, 6.07) is 6.81. The first-order valence-electron chi connectivity index (χ1n) is 7.20. The molecule has 2 unspecified atom stereocenters. The number of methoxy groups -OCH3 is 1. The summed E-state index contributed by atoms with van der Waals surface area (Å²) in [5.41, 5.74) is 2.09. The summed E-state index contributed by atoms with van der Waals surface area (Å²) in [5, 5.41) is 4.33. The van der Waals surface area contributed by atoms with Gasteiger partial charge in [-0.1, -0.05) is 17.7 Å². The van der Waals surface area contributed by atoms with Crippen LogP contribution in [0.5, 0.6) is 0 Å². The summed E-state index contributed by atoms with van der Waals surface area (Å²) >= 11 is 6.40. The minimum atomic E-state index is 0.268. The second kappa shape index (κ2) is 4.72. The second-order valence-electron chi connectivity index (χ2n) is 5.73. The van der Waals surface area contributed by atoms with E-state index in [1.54, 1.807) is 7.11 Å². The largest absolute Gasteiger partial charge is 0.380 e. The lowest BCUT2D eigenvalue weighted by atomic mass is 10.2. The van der Waals surface area contributed by atoms with Crippen LogP contribution in [0.25, 0.3) is 11.0 Å². The minimum absolute atomic E-state index is 0.268. The van der Waals surface area contributed by atoms with Crippen molar-refractivity contribution in [2.75, 3.05) is 13.7 Å². The van der Waals surface area contributed by atoms with Crippen molar-refractivity contribution in [3.05, 3.63) is 29.0 Å². The summed E-state index contributed by atoms with van der Waals surface area (Å²) in [7, 11) is 1.77. The number of halogens is 1. The van der Waals surface area contributed by atoms with Gasteiger partial charge >= 0.3 is 0 Å². The lowest BCUT2D eigenvalue weighted by molar-refractivity contribution is 0.117. The number of fused-ring (bicyclic) bond motifs is 1. The van der Waals surface area contributed by atoms with E-state index < -0.39 is 0 Å². The van der Waals surface area contributed by atoms with E-state index in [0.29, 0.717) is 6.04 Å². The molecule has 2 atom stereocenters. The average Bonchev–Trinajstić information content (AvgIpc) is 3.04. The molecule has 1 N–H and O–H groups in total. The van der Waals surface area contributed by atoms with Crippen molar-refractivity contribution in [3.8, 4) is 0 Å². The molecule has 106 valence electrons. The van der Waals surface area contributed by atoms with Crippen LogP contribution >= 0.6 is 11.6 Å². The van der Waals surface area contributed by atoms with Crippen molar-refractivity contribution in [1.29, 1.82) is 0 Å². The maximum atomic E-state index is 6.40. The zero-order valence-corrected chi connectivity index (χ0v) is 12.2. The highest BCUT2D eigenvalue weighted by molar-refractivity contribution is 6.35. The molecule has 1 aliphatic carbocycles. The number of rotatable bonds is 3. The third-order valence-electron chi connectivity index (χ3n) is 4.34. The smallest absolute Gasteiger partial charge is 0.127 e. The van der Waals surface area contributed by atoms with Crippen molar-refractivity contribution in [2.45, 2.75) is 37.5 Å². The number of benzene rings is 1. The van der Waals surface area contributed by atoms with Crippen LogP contribution in [0.3, 0.4) is 0 Å². The van der Waals surface area contributed by atoms with E-state index in [2.05, 4.69) is 9.88 Å². The molecule has 4 rings (SSSR count). The second-order valence-corrected chi connectivity index (χ2v) is 6.14. The maximum absolute atomic E-state index is 6.40. The highest BCUT2D eigenvalue weighted by Gasteiger charge is 2.34. The molecule has 1 aliphatic heterocycles. The lowest BCUT2D eigenvalue weighted by Crippen LogP contribution is -2.18. The first kappa shape index (κ1) is 12.6. The Bertz CT molecular complexity index is 650. The molecule has 5 heteroatoms. The summed E-state index contributed by atoms with van der Waals surface area (Å²) in [5.74, 6) is 1.12. The Hall–Kier alpha value is -1.10. The van der Waals surface area contributed by atoms with Gasteiger partial charge < -0.3 is 14.6 Å². The van der Waals surface area contributed by atoms with Crippen LogP contribution < -0.4 is 5.32 Å². The van der Waals surface area contributed by atoms with Gasteiger partial charge in [-0.2, -0.15) is 0 Å². The van der Waals surface area contributed by atoms with Crippen molar-refractivity contribution < 1.29 is 4.74 Å². The SMILES string of the molecule is COC1CNC(c2nc3cccc(Cl)c3n2C2CC2)C1. The average molecular weight is 292 g/mol. The number of aromatic nitrogens is 2. The van der Waals surface area contributed by atoms with Crippen LogP contribution in [0.1, 0.15) is 37.2 Å². The Morgan fingerprint density at radius 1 is 1.40 bits per heavy atom. The van der Waals surface area contributed by atoms with E-state index in [1.807, 2.05) is 18.2 Å². The number of hydrogen-bond donors (Lipinski definition) is 1. The molecule has 1 saturated carbocycles. The van der Waals surface area contributed by atoms with Crippen molar-refractivity contribution in [1.82, 2.24) is 14.9 Å². The van der Waals surface area contributed by atoms with Gasteiger partial charge in [0.25, 0.3) is 0 Å². The number of nitrogens with one attached hydrogen (secondary N) is 1. The van der Waals surface area contributed by atoms with E-state index >= 15 is 0 Å². The van der Waals surface area contributed by atoms with Crippen LogP contribution in [0.15, 0.2) is 18.2 Å². The molecular formula is C15H18ClN3O. The quantitative estimate of drug-likeness (QED) is 0.944. The normalized spacial score (nSPS) is 26.5. The minimum Gasteiger partial charge on any atom is -0.380 e. The van der Waals surface area contributed by atoms with Crippen LogP contribution in [0, 0.1) is 0 Å². The van der Waals surface area contributed by atoms with Gasteiger partial charge in [0.2, 0.25) is 0 Å². The highest BCUT2D eigenvalue weighted by atomic mass is 35.5. The number of imidazole rings is 1. The van der Waals surface area contributed by atoms with Crippen molar-refractivity contribution in [2.24, 2.45) is 0 Å². The molecule has 0 spiro atoms. The van der Waals surface area contributed by atoms with E-state index in [1.165, 1.54) is 12.8 Å². The van der Waals surface area contributed by atoms with Gasteiger partial charge in [0.15, 0.2) is 0 Å². The Kier molecular flexibility index (Phi) is 2.98. The molecule has 1 aromatic carbocycles. The van der Waals surface area contributed by atoms with E-state index in [-0.39, 0.29) is 12.1 Å². The zero-order chi connectivity index (χ0) is 13.7. The molecule has 20 heavy (non-hydrogen) atoms. The Morgan fingerprint density at radius 2 is 2.25 bits per heavy atom. The van der Waals surface area contributed by atoms with E-state index in [0.717, 1.165) is 34.8 Å². The monoisotopic (exact) mass is 291 g/mol. The molecule has 1 aromatic heterocycles. The van der Waals surface area contributed by atoms with Crippen molar-refractivity contribution >= 4 is 22.6 Å². The molecule has 1 saturated heterocycles. The number of para-hydroxylation sites is 1. The number of nitrogens with zero attached hydrogens (tertiary/aromatic N) is 2. The van der Waals surface area contributed by atoms with Gasteiger partial charge in [0, 0.05) is 19.7 Å². The van der Waals surface area contributed by atoms with Crippen LogP contribution in [0.4, 0.5) is 0 Å². The van der Waals surface area contributed by atoms with Crippen LogP contribution in [0.2, 0.25) is 5.02 Å². The van der Waals surface area contributed by atoms with E-state index in [9.17, 15) is 0 Å². The zero-order valence-electron chi connectivity index (χ0n) is 11.5. The summed E-state index contributed by atoms with van der Waals surface area (Å²) in [4.78, 5) is 4.85. The van der Waals surface area contributed by atoms with Gasteiger partial charge in [-0.05, 0) is 31.4 Å². The predicted molar refractivity (Wildman–Crippen MR) is 79.2 cm³/mol. The summed E-state index contributed by atoms with van der Waals surface area (Å²) in [6.07, 6.45) is 3.71. The molecule has 0 bridgehead atoms. The highest BCUT2D eigenvalue weighted by Crippen LogP contribution is 2.42. The van der Waals surface area contributed by atoms with E-state index in [4.69, 9.17) is 21.3 Å². The summed E-state index contributed by atoms with van der Waals surface area (Å²) in [6.45, 7) is 0.892. The lowest BCUT2D eigenvalue weighted by Gasteiger charge is -2.14. The first-order valence-corrected chi connectivity index (χ1v) is 7.58. The Morgan fingerprint density at radius 3 is 2.95 bits per heavy atom. The Labute approximate surface area is 123 Å². The van der Waals surface area contributed by atoms with Crippen LogP contribution in [-0.4, -0.2) is 29.3 Å². The third-order valence-corrected chi connectivity index (χ3v) is 4.64. The van der Waals surface area contributed by atoms with Crippen molar-refractivity contribution in [3.63, 3.8) is 0 Å². The fraction of sp³-hybridized carbons (Fsp3) is 0.533. The molecule has 2 aromatic rings. The molecule has 0 radical (unpaired) electrons. The maximum Gasteiger partial charge on any atom is 0.127 e. The molecule has 0 amide bonds. The number of ether oxygens (including phenoxy) is 1. The fourth-order valence-electron chi connectivity index (χ4n) is 3.15. The molecule has 4 nitrogen and oxygen atoms in total. The summed E-state index contributed by atoms with van der Waals surface area (Å²) < 4.78 is 7.81. The fourth-order valence-corrected chi connectivity index (χ4v) is 3.41. The molecule has 2 heterocycles. The number of hydrogen-bond acceptors (Lipinski definition) is 3. The van der Waals surface area contributed by atoms with Gasteiger partial charge in [-0.15, -0.1) is 0 Å². The van der Waals surface area contributed by atoms with Gasteiger partial charge in [-0.25, -0.2) is 4.98 Å². The predicted octanol–water partition coefficient (Wildman–Crippen LogP) is 3.07. The van der Waals surface area contributed by atoms with Gasteiger partial charge in [-0.3, -0.25) is 0 Å². The van der Waals surface area contributed by atoms with Gasteiger partial charge in [0.1, 0.15) is 5.82 Å². The van der Waals surface area contributed by atoms with Gasteiger partial charge in [0.05, 0.1) is 28.2 Å². The first-order chi connectivity index (χ1) is 9.78. The molecule has 2 aliphatic rings. The standard InChI is InChI=1S/C15H18ClN3O/c1-20-10-7-13(17-8-10)15-18-12-4-2-3-11(16)14(12)19(15)9-5-6-9/h2-4,9-10,13,17H,5-8H2,1H3.